The fraction of sp³-hybridized carbons (Fsp3) is 0.125. The molecule has 0 bridgehead atoms. The number of carbonyl (C=O) groups excluding carboxylic acids is 1. The summed E-state index contributed by atoms with van der Waals surface area (Å²) >= 11 is 0. The smallest absolute Gasteiger partial charge is 0.244 e. The third kappa shape index (κ3) is 4.04. The number of aryl methyl sites for hydroxylation is 2. The summed E-state index contributed by atoms with van der Waals surface area (Å²) in [7, 11) is -4.09. The van der Waals surface area contributed by atoms with Crippen molar-refractivity contribution in [3.05, 3.63) is 94.4 Å². The summed E-state index contributed by atoms with van der Waals surface area (Å²) < 4.78 is 27.8. The Morgan fingerprint density at radius 2 is 1.66 bits per heavy atom. The van der Waals surface area contributed by atoms with Crippen LogP contribution in [0.4, 0.5) is 5.69 Å². The zero-order chi connectivity index (χ0) is 22.9. The van der Waals surface area contributed by atoms with Gasteiger partial charge in [-0.2, -0.15) is 0 Å². The molecule has 4 aromatic rings. The van der Waals surface area contributed by atoms with E-state index in [1.165, 1.54) is 22.9 Å². The van der Waals surface area contributed by atoms with Gasteiger partial charge in [0.05, 0.1) is 10.3 Å². The molecule has 1 N–H and O–H groups in total. The van der Waals surface area contributed by atoms with Gasteiger partial charge >= 0.3 is 0 Å². The summed E-state index contributed by atoms with van der Waals surface area (Å²) in [4.78, 5) is 29.9. The van der Waals surface area contributed by atoms with Crippen molar-refractivity contribution >= 4 is 32.5 Å². The second-order valence-electron chi connectivity index (χ2n) is 7.45. The topological polar surface area (TPSA) is 98.1 Å². The Labute approximate surface area is 185 Å². The number of nitrogens with zero attached hydrogens (tertiary/aromatic N) is 2. The van der Waals surface area contributed by atoms with E-state index in [1.807, 2.05) is 25.1 Å². The molecule has 0 aliphatic rings. The van der Waals surface area contributed by atoms with Crippen LogP contribution in [0.2, 0.25) is 0 Å². The predicted molar refractivity (Wildman–Crippen MR) is 122 cm³/mol. The molecule has 0 saturated carbocycles. The van der Waals surface area contributed by atoms with E-state index in [2.05, 4.69) is 10.3 Å². The Kier molecular flexibility index (Phi) is 5.63. The zero-order valence-electron chi connectivity index (χ0n) is 17.6. The van der Waals surface area contributed by atoms with E-state index in [1.54, 1.807) is 43.3 Å². The molecule has 7 nitrogen and oxygen atoms in total. The molecule has 0 fully saturated rings. The highest BCUT2D eigenvalue weighted by molar-refractivity contribution is 7.91. The fourth-order valence-electron chi connectivity index (χ4n) is 3.43. The first-order valence-corrected chi connectivity index (χ1v) is 11.4. The minimum absolute atomic E-state index is 0.00688. The quantitative estimate of drug-likeness (QED) is 0.505. The number of hydrogen-bond donors (Lipinski definition) is 1. The van der Waals surface area contributed by atoms with Crippen LogP contribution in [0.5, 0.6) is 0 Å². The minimum atomic E-state index is -4.09. The number of pyridine rings is 2. The van der Waals surface area contributed by atoms with Crippen molar-refractivity contribution in [2.45, 2.75) is 30.2 Å². The van der Waals surface area contributed by atoms with Crippen LogP contribution >= 0.6 is 0 Å². The van der Waals surface area contributed by atoms with Crippen LogP contribution in [0.1, 0.15) is 11.3 Å². The van der Waals surface area contributed by atoms with Crippen molar-refractivity contribution < 1.29 is 13.2 Å². The van der Waals surface area contributed by atoms with Crippen LogP contribution in [0.3, 0.4) is 0 Å². The Hall–Kier alpha value is -3.78. The minimum Gasteiger partial charge on any atom is -0.324 e. The first-order valence-electron chi connectivity index (χ1n) is 9.94. The molecular weight excluding hydrogens is 426 g/mol. The van der Waals surface area contributed by atoms with Crippen molar-refractivity contribution in [3.63, 3.8) is 0 Å². The Bertz CT molecular complexity index is 1490. The van der Waals surface area contributed by atoms with Crippen molar-refractivity contribution in [2.75, 3.05) is 5.32 Å². The normalized spacial score (nSPS) is 11.4. The molecule has 0 aliphatic carbocycles. The molecule has 4 rings (SSSR count). The summed E-state index contributed by atoms with van der Waals surface area (Å²) in [6, 6.07) is 18.3. The number of para-hydroxylation sites is 1. The molecule has 2 heterocycles. The molecule has 0 spiro atoms. The maximum atomic E-state index is 13.2. The van der Waals surface area contributed by atoms with E-state index in [4.69, 9.17) is 0 Å². The first kappa shape index (κ1) is 21.5. The van der Waals surface area contributed by atoms with Gasteiger partial charge in [-0.25, -0.2) is 13.4 Å². The van der Waals surface area contributed by atoms with Gasteiger partial charge in [-0.05, 0) is 49.7 Å². The first-order chi connectivity index (χ1) is 15.3. The van der Waals surface area contributed by atoms with E-state index in [0.29, 0.717) is 11.4 Å². The van der Waals surface area contributed by atoms with Gasteiger partial charge in [0.15, 0.2) is 0 Å². The van der Waals surface area contributed by atoms with Gasteiger partial charge in [0.25, 0.3) is 0 Å². The zero-order valence-corrected chi connectivity index (χ0v) is 18.4. The van der Waals surface area contributed by atoms with Crippen LogP contribution in [0.15, 0.2) is 87.5 Å². The number of benzene rings is 2. The number of hydrogen-bond acceptors (Lipinski definition) is 5. The number of aromatic nitrogens is 2. The molecule has 2 aromatic heterocycles. The number of amides is 1. The van der Waals surface area contributed by atoms with E-state index in [9.17, 15) is 18.0 Å². The summed E-state index contributed by atoms with van der Waals surface area (Å²) in [5, 5.41) is 2.96. The maximum absolute atomic E-state index is 13.2. The number of sulfone groups is 1. The van der Waals surface area contributed by atoms with Gasteiger partial charge in [-0.3, -0.25) is 9.59 Å². The van der Waals surface area contributed by atoms with Crippen LogP contribution in [0, 0.1) is 13.8 Å². The molecule has 0 radical (unpaired) electrons. The molecule has 0 aliphatic heterocycles. The van der Waals surface area contributed by atoms with Crippen molar-refractivity contribution in [1.82, 2.24) is 9.55 Å². The highest BCUT2D eigenvalue weighted by Gasteiger charge is 2.24. The predicted octanol–water partition coefficient (Wildman–Crippen LogP) is 3.48. The Morgan fingerprint density at radius 1 is 0.969 bits per heavy atom. The lowest BCUT2D eigenvalue weighted by atomic mass is 10.2. The number of nitrogens with one attached hydrogen (secondary N) is 1. The molecular formula is C24H21N3O4S. The molecule has 32 heavy (non-hydrogen) atoms. The van der Waals surface area contributed by atoms with Gasteiger partial charge in [0.1, 0.15) is 17.1 Å². The van der Waals surface area contributed by atoms with E-state index < -0.39 is 20.2 Å². The van der Waals surface area contributed by atoms with E-state index in [-0.39, 0.29) is 28.4 Å². The summed E-state index contributed by atoms with van der Waals surface area (Å²) in [5.41, 5.74) is 1.80. The van der Waals surface area contributed by atoms with Gasteiger partial charge in [-0.1, -0.05) is 36.4 Å². The summed E-state index contributed by atoms with van der Waals surface area (Å²) in [5.74, 6) is -0.365. The highest BCUT2D eigenvalue weighted by Crippen LogP contribution is 2.21. The largest absolute Gasteiger partial charge is 0.324 e. The van der Waals surface area contributed by atoms with E-state index in [0.717, 1.165) is 5.56 Å². The van der Waals surface area contributed by atoms with Crippen LogP contribution < -0.4 is 10.7 Å². The van der Waals surface area contributed by atoms with Crippen LogP contribution in [-0.2, 0) is 21.2 Å². The molecule has 0 atom stereocenters. The SMILES string of the molecule is Cc1ccc2c(=O)c(S(=O)(=O)c3ccccc3)cn(CC(=O)Nc3ccccc3C)c2n1. The summed E-state index contributed by atoms with van der Waals surface area (Å²) in [6.45, 7) is 3.43. The number of anilines is 1. The van der Waals surface area contributed by atoms with Gasteiger partial charge in [0.2, 0.25) is 21.2 Å². The average Bonchev–Trinajstić information content (AvgIpc) is 2.77. The lowest BCUT2D eigenvalue weighted by molar-refractivity contribution is -0.116. The van der Waals surface area contributed by atoms with Crippen LogP contribution in [0.25, 0.3) is 11.0 Å². The molecule has 0 saturated heterocycles. The molecule has 8 heteroatoms. The standard InChI is InChI=1S/C24H21N3O4S/c1-16-8-6-7-11-20(16)26-22(28)15-27-14-21(32(30,31)18-9-4-3-5-10-18)23(29)19-13-12-17(2)25-24(19)27/h3-14H,15H2,1-2H3,(H,26,28). The molecule has 162 valence electrons. The third-order valence-corrected chi connectivity index (χ3v) is 6.87. The Balaban J connectivity index is 1.84. The van der Waals surface area contributed by atoms with Crippen LogP contribution in [-0.4, -0.2) is 23.9 Å². The highest BCUT2D eigenvalue weighted by atomic mass is 32.2. The van der Waals surface area contributed by atoms with E-state index >= 15 is 0 Å². The van der Waals surface area contributed by atoms with Crippen molar-refractivity contribution in [3.8, 4) is 0 Å². The molecule has 0 unspecified atom stereocenters. The fourth-order valence-corrected chi connectivity index (χ4v) is 4.82. The lowest BCUT2D eigenvalue weighted by Gasteiger charge is -2.14. The average molecular weight is 448 g/mol. The van der Waals surface area contributed by atoms with Crippen molar-refractivity contribution in [1.29, 1.82) is 0 Å². The second kappa shape index (κ2) is 8.39. The molecule has 1 amide bonds. The Morgan fingerprint density at radius 3 is 2.38 bits per heavy atom. The molecule has 2 aromatic carbocycles. The number of rotatable bonds is 5. The third-order valence-electron chi connectivity index (χ3n) is 5.10. The van der Waals surface area contributed by atoms with Gasteiger partial charge in [0, 0.05) is 17.6 Å². The lowest BCUT2D eigenvalue weighted by Crippen LogP contribution is -2.24. The second-order valence-corrected chi connectivity index (χ2v) is 9.37. The van der Waals surface area contributed by atoms with Gasteiger partial charge in [-0.15, -0.1) is 0 Å². The van der Waals surface area contributed by atoms with Crippen molar-refractivity contribution in [2.24, 2.45) is 0 Å². The number of carbonyl (C=O) groups is 1. The number of fused-ring (bicyclic) bond motifs is 1. The summed E-state index contributed by atoms with van der Waals surface area (Å²) in [6.07, 6.45) is 1.21. The monoisotopic (exact) mass is 447 g/mol. The maximum Gasteiger partial charge on any atom is 0.244 e. The van der Waals surface area contributed by atoms with Gasteiger partial charge < -0.3 is 9.88 Å².